The van der Waals surface area contributed by atoms with Crippen LogP contribution in [-0.2, 0) is 10.0 Å². The van der Waals surface area contributed by atoms with E-state index in [4.69, 9.17) is 22.1 Å². The van der Waals surface area contributed by atoms with Crippen molar-refractivity contribution in [1.82, 2.24) is 4.90 Å². The van der Waals surface area contributed by atoms with Gasteiger partial charge < -0.3 is 20.5 Å². The zero-order chi connectivity index (χ0) is 23.8. The number of ether oxygens (including phenoxy) is 1. The molecule has 3 aromatic carbocycles. The topological polar surface area (TPSA) is 122 Å². The number of nitrogens with two attached hydrogens (primary N) is 1. The van der Waals surface area contributed by atoms with Crippen molar-refractivity contribution in [2.45, 2.75) is 10.9 Å². The molecular weight excluding hydrogens is 466 g/mol. The number of anilines is 1. The van der Waals surface area contributed by atoms with Gasteiger partial charge in [-0.3, -0.25) is 9.52 Å². The predicted octanol–water partition coefficient (Wildman–Crippen LogP) is 3.31. The van der Waals surface area contributed by atoms with Crippen LogP contribution in [0.25, 0.3) is 11.1 Å². The van der Waals surface area contributed by atoms with Crippen molar-refractivity contribution in [2.75, 3.05) is 24.9 Å². The molecule has 0 unspecified atom stereocenters. The first-order valence-electron chi connectivity index (χ1n) is 10.0. The lowest BCUT2D eigenvalue weighted by Crippen LogP contribution is -2.57. The lowest BCUT2D eigenvalue weighted by Gasteiger charge is -2.37. The van der Waals surface area contributed by atoms with E-state index >= 15 is 0 Å². The first-order chi connectivity index (χ1) is 15.7. The highest BCUT2D eigenvalue weighted by molar-refractivity contribution is 7.92. The van der Waals surface area contributed by atoms with Gasteiger partial charge in [-0.2, -0.15) is 0 Å². The maximum Gasteiger partial charge on any atom is 0.265 e. The number of hydrogen-bond acceptors (Lipinski definition) is 6. The molecular formula is C23H22ClN3O5S. The summed E-state index contributed by atoms with van der Waals surface area (Å²) in [5.41, 5.74) is 7.57. The number of aromatic hydroxyl groups is 1. The number of likely N-dealkylation sites (tertiary alicyclic amines) is 1. The molecule has 1 saturated heterocycles. The molecule has 1 aliphatic rings. The van der Waals surface area contributed by atoms with Crippen molar-refractivity contribution in [3.05, 3.63) is 71.2 Å². The van der Waals surface area contributed by atoms with E-state index in [1.54, 1.807) is 18.2 Å². The summed E-state index contributed by atoms with van der Waals surface area (Å²) in [6.07, 6.45) is 0. The van der Waals surface area contributed by atoms with Crippen LogP contribution in [0, 0.1) is 0 Å². The molecule has 1 amide bonds. The molecule has 0 radical (unpaired) electrons. The second kappa shape index (κ2) is 8.93. The van der Waals surface area contributed by atoms with E-state index in [0.717, 1.165) is 17.2 Å². The van der Waals surface area contributed by atoms with Crippen LogP contribution in [0.2, 0.25) is 5.02 Å². The summed E-state index contributed by atoms with van der Waals surface area (Å²) in [6, 6.07) is 16.7. The number of nitrogens with zero attached hydrogens (tertiary/aromatic N) is 1. The van der Waals surface area contributed by atoms with Gasteiger partial charge in [0.15, 0.2) is 5.75 Å². The number of phenolic OH excluding ortho intramolecular Hbond substituents is 1. The zero-order valence-corrected chi connectivity index (χ0v) is 19.2. The number of benzene rings is 3. The molecule has 4 N–H and O–H groups in total. The summed E-state index contributed by atoms with van der Waals surface area (Å²) in [5, 5.41) is 10.1. The number of phenols is 1. The van der Waals surface area contributed by atoms with Crippen LogP contribution in [-0.4, -0.2) is 50.6 Å². The number of sulfonamides is 1. The standard InChI is InChI=1S/C23H22ClN3O5S/c1-32-20-8-7-15(14-5-3-2-4-6-14)10-19(20)26-33(30,31)21-11-16(9-18(24)22(21)28)23(29)27-12-17(25)13-27/h2-11,17,26,28H,12-13,25H2,1H3. The van der Waals surface area contributed by atoms with Gasteiger partial charge in [-0.05, 0) is 35.4 Å². The third-order valence-electron chi connectivity index (χ3n) is 5.31. The molecule has 1 aliphatic heterocycles. The van der Waals surface area contributed by atoms with Gasteiger partial charge in [0.2, 0.25) is 0 Å². The maximum atomic E-state index is 13.2. The maximum absolute atomic E-state index is 13.2. The number of rotatable bonds is 6. The van der Waals surface area contributed by atoms with Gasteiger partial charge in [0.25, 0.3) is 15.9 Å². The number of halogens is 1. The molecule has 0 spiro atoms. The van der Waals surface area contributed by atoms with Gasteiger partial charge in [0.05, 0.1) is 17.8 Å². The SMILES string of the molecule is COc1ccc(-c2ccccc2)cc1NS(=O)(=O)c1cc(C(=O)N2CC(N)C2)cc(Cl)c1O. The van der Waals surface area contributed by atoms with Crippen LogP contribution >= 0.6 is 11.6 Å². The molecule has 0 aromatic heterocycles. The van der Waals surface area contributed by atoms with E-state index in [1.807, 2.05) is 30.3 Å². The van der Waals surface area contributed by atoms with E-state index in [1.165, 1.54) is 18.1 Å². The minimum atomic E-state index is -4.34. The summed E-state index contributed by atoms with van der Waals surface area (Å²) in [4.78, 5) is 13.6. The Kier molecular flexibility index (Phi) is 6.20. The van der Waals surface area contributed by atoms with Crippen molar-refractivity contribution in [3.63, 3.8) is 0 Å². The fourth-order valence-electron chi connectivity index (χ4n) is 3.56. The number of hydrogen-bond donors (Lipinski definition) is 3. The normalized spacial score (nSPS) is 14.0. The Balaban J connectivity index is 1.71. The Morgan fingerprint density at radius 3 is 2.45 bits per heavy atom. The lowest BCUT2D eigenvalue weighted by atomic mass is 10.1. The van der Waals surface area contributed by atoms with Gasteiger partial charge in [0.1, 0.15) is 10.6 Å². The fourth-order valence-corrected chi connectivity index (χ4v) is 5.04. The number of carbonyl (C=O) groups excluding carboxylic acids is 1. The van der Waals surface area contributed by atoms with Crippen LogP contribution < -0.4 is 15.2 Å². The molecule has 172 valence electrons. The summed E-state index contributed by atoms with van der Waals surface area (Å²) in [7, 11) is -2.92. The van der Waals surface area contributed by atoms with E-state index < -0.39 is 26.6 Å². The highest BCUT2D eigenvalue weighted by Gasteiger charge is 2.31. The Hall–Kier alpha value is -3.27. The fraction of sp³-hybridized carbons (Fsp3) is 0.174. The quantitative estimate of drug-likeness (QED) is 0.490. The highest BCUT2D eigenvalue weighted by Crippen LogP contribution is 2.37. The van der Waals surface area contributed by atoms with Crippen LogP contribution in [0.4, 0.5) is 5.69 Å². The predicted molar refractivity (Wildman–Crippen MR) is 126 cm³/mol. The molecule has 10 heteroatoms. The van der Waals surface area contributed by atoms with Gasteiger partial charge in [-0.25, -0.2) is 8.42 Å². The van der Waals surface area contributed by atoms with Crippen molar-refractivity contribution in [3.8, 4) is 22.6 Å². The first kappa shape index (κ1) is 22.9. The van der Waals surface area contributed by atoms with Crippen LogP contribution in [0.3, 0.4) is 0 Å². The van der Waals surface area contributed by atoms with Crippen molar-refractivity contribution in [1.29, 1.82) is 0 Å². The average Bonchev–Trinajstić information content (AvgIpc) is 2.78. The number of amides is 1. The largest absolute Gasteiger partial charge is 0.505 e. The minimum Gasteiger partial charge on any atom is -0.505 e. The number of carbonyl (C=O) groups is 1. The Morgan fingerprint density at radius 2 is 1.82 bits per heavy atom. The molecule has 4 rings (SSSR count). The average molecular weight is 488 g/mol. The summed E-state index contributed by atoms with van der Waals surface area (Å²) < 4.78 is 34.2. The smallest absolute Gasteiger partial charge is 0.265 e. The van der Waals surface area contributed by atoms with Crippen molar-refractivity contribution < 1.29 is 23.1 Å². The van der Waals surface area contributed by atoms with Gasteiger partial charge >= 0.3 is 0 Å². The van der Waals surface area contributed by atoms with Gasteiger partial charge in [0, 0.05) is 24.7 Å². The minimum absolute atomic E-state index is 0.0371. The number of nitrogens with one attached hydrogen (secondary N) is 1. The molecule has 8 nitrogen and oxygen atoms in total. The zero-order valence-electron chi connectivity index (χ0n) is 17.7. The highest BCUT2D eigenvalue weighted by atomic mass is 35.5. The summed E-state index contributed by atoms with van der Waals surface area (Å²) >= 11 is 6.07. The number of methoxy groups -OCH3 is 1. The molecule has 1 heterocycles. The van der Waals surface area contributed by atoms with Crippen LogP contribution in [0.1, 0.15) is 10.4 Å². The third kappa shape index (κ3) is 4.61. The summed E-state index contributed by atoms with van der Waals surface area (Å²) in [5.74, 6) is -0.788. The van der Waals surface area contributed by atoms with Crippen LogP contribution in [0.5, 0.6) is 11.5 Å². The first-order valence-corrected chi connectivity index (χ1v) is 11.9. The molecule has 0 atom stereocenters. The Labute approximate surface area is 196 Å². The van der Waals surface area contributed by atoms with Gasteiger partial charge in [-0.15, -0.1) is 0 Å². The molecule has 1 fully saturated rings. The van der Waals surface area contributed by atoms with E-state index in [2.05, 4.69) is 4.72 Å². The van der Waals surface area contributed by atoms with E-state index in [-0.39, 0.29) is 28.1 Å². The second-order valence-electron chi connectivity index (χ2n) is 7.66. The van der Waals surface area contributed by atoms with E-state index in [9.17, 15) is 18.3 Å². The Bertz CT molecular complexity index is 1310. The molecule has 0 aliphatic carbocycles. The molecule has 0 saturated carbocycles. The third-order valence-corrected chi connectivity index (χ3v) is 6.98. The summed E-state index contributed by atoms with van der Waals surface area (Å²) in [6.45, 7) is 0.724. The van der Waals surface area contributed by atoms with E-state index in [0.29, 0.717) is 13.1 Å². The monoisotopic (exact) mass is 487 g/mol. The van der Waals surface area contributed by atoms with Crippen molar-refractivity contribution in [2.24, 2.45) is 5.73 Å². The van der Waals surface area contributed by atoms with Crippen LogP contribution in [0.15, 0.2) is 65.6 Å². The van der Waals surface area contributed by atoms with Crippen molar-refractivity contribution >= 4 is 33.2 Å². The molecule has 0 bridgehead atoms. The van der Waals surface area contributed by atoms with Gasteiger partial charge in [-0.1, -0.05) is 48.0 Å². The Morgan fingerprint density at radius 1 is 1.12 bits per heavy atom. The molecule has 3 aromatic rings. The second-order valence-corrected chi connectivity index (χ2v) is 9.72. The molecule has 33 heavy (non-hydrogen) atoms. The lowest BCUT2D eigenvalue weighted by molar-refractivity contribution is 0.0608.